The third-order valence-corrected chi connectivity index (χ3v) is 6.41. The van der Waals surface area contributed by atoms with Gasteiger partial charge in [0.1, 0.15) is 0 Å². The molecule has 1 aliphatic heterocycles. The number of hydrogen-bond donors (Lipinski definition) is 1. The van der Waals surface area contributed by atoms with Crippen LogP contribution in [0.2, 0.25) is 0 Å². The Bertz CT molecular complexity index is 654. The summed E-state index contributed by atoms with van der Waals surface area (Å²) < 4.78 is 0. The normalized spacial score (nSPS) is 25.8. The van der Waals surface area contributed by atoms with Crippen molar-refractivity contribution in [3.05, 3.63) is 10.6 Å². The lowest BCUT2D eigenvalue weighted by molar-refractivity contribution is -0.140. The van der Waals surface area contributed by atoms with E-state index >= 15 is 0 Å². The van der Waals surface area contributed by atoms with Gasteiger partial charge in [0.2, 0.25) is 17.7 Å². The summed E-state index contributed by atoms with van der Waals surface area (Å²) in [6.45, 7) is 0.182. The Balaban J connectivity index is 1.33. The van der Waals surface area contributed by atoms with E-state index in [4.69, 9.17) is 0 Å². The Morgan fingerprint density at radius 2 is 1.83 bits per heavy atom. The van der Waals surface area contributed by atoms with Gasteiger partial charge in [-0.25, -0.2) is 4.98 Å². The molecular formula is C17H21N3O3S. The Kier molecular flexibility index (Phi) is 4.12. The van der Waals surface area contributed by atoms with Crippen LogP contribution in [0.25, 0.3) is 0 Å². The zero-order chi connectivity index (χ0) is 16.7. The quantitative estimate of drug-likeness (QED) is 0.846. The van der Waals surface area contributed by atoms with Crippen LogP contribution in [0, 0.1) is 11.8 Å². The van der Waals surface area contributed by atoms with E-state index in [2.05, 4.69) is 10.3 Å². The number of aryl methyl sites for hydroxylation is 2. The Morgan fingerprint density at radius 1 is 1.12 bits per heavy atom. The molecule has 7 heteroatoms. The number of rotatable bonds is 4. The van der Waals surface area contributed by atoms with Crippen LogP contribution in [0.1, 0.15) is 49.1 Å². The van der Waals surface area contributed by atoms with E-state index < -0.39 is 0 Å². The standard InChI is InChI=1S/C17H21N3O3S/c21-14(19-17-18-12-6-3-7-13(12)24-17)8-9-20-15(22)10-4-1-2-5-11(10)16(20)23/h10-11H,1-9H2,(H,18,19,21)/t10-,11-/m0/s1. The molecular weight excluding hydrogens is 326 g/mol. The van der Waals surface area contributed by atoms with Gasteiger partial charge in [0.05, 0.1) is 17.5 Å². The lowest BCUT2D eigenvalue weighted by Crippen LogP contribution is -2.34. The van der Waals surface area contributed by atoms with E-state index in [1.807, 2.05) is 0 Å². The molecule has 0 aromatic carbocycles. The molecule has 0 unspecified atom stereocenters. The molecule has 24 heavy (non-hydrogen) atoms. The highest BCUT2D eigenvalue weighted by Gasteiger charge is 2.47. The van der Waals surface area contributed by atoms with Crippen LogP contribution >= 0.6 is 11.3 Å². The van der Waals surface area contributed by atoms with Crippen LogP contribution in [0.3, 0.4) is 0 Å². The van der Waals surface area contributed by atoms with Crippen LogP contribution in [0.4, 0.5) is 5.13 Å². The molecule has 0 spiro atoms. The lowest BCUT2D eigenvalue weighted by Gasteiger charge is -2.19. The number of hydrogen-bond acceptors (Lipinski definition) is 5. The molecule has 3 amide bonds. The predicted octanol–water partition coefficient (Wildman–Crippen LogP) is 2.14. The molecule has 6 nitrogen and oxygen atoms in total. The first kappa shape index (κ1) is 15.7. The lowest BCUT2D eigenvalue weighted by atomic mass is 9.81. The Hall–Kier alpha value is -1.76. The van der Waals surface area contributed by atoms with Gasteiger partial charge in [0.25, 0.3) is 0 Å². The number of likely N-dealkylation sites (tertiary alicyclic amines) is 1. The molecule has 128 valence electrons. The summed E-state index contributed by atoms with van der Waals surface area (Å²) in [6, 6.07) is 0. The van der Waals surface area contributed by atoms with Crippen LogP contribution in [0.15, 0.2) is 0 Å². The molecule has 0 radical (unpaired) electrons. The zero-order valence-corrected chi connectivity index (χ0v) is 14.4. The number of amides is 3. The number of carbonyl (C=O) groups excluding carboxylic acids is 3. The van der Waals surface area contributed by atoms with Gasteiger partial charge in [-0.3, -0.25) is 19.3 Å². The fourth-order valence-corrected chi connectivity index (χ4v) is 5.16. The van der Waals surface area contributed by atoms with Gasteiger partial charge in [-0.15, -0.1) is 11.3 Å². The summed E-state index contributed by atoms with van der Waals surface area (Å²) in [5.41, 5.74) is 1.10. The summed E-state index contributed by atoms with van der Waals surface area (Å²) in [6.07, 6.45) is 6.96. The van der Waals surface area contributed by atoms with Gasteiger partial charge in [0, 0.05) is 17.8 Å². The van der Waals surface area contributed by atoms with Gasteiger partial charge in [-0.2, -0.15) is 0 Å². The first-order valence-corrected chi connectivity index (χ1v) is 9.59. The smallest absolute Gasteiger partial charge is 0.233 e. The van der Waals surface area contributed by atoms with Gasteiger partial charge >= 0.3 is 0 Å². The van der Waals surface area contributed by atoms with E-state index in [1.165, 1.54) is 21.1 Å². The summed E-state index contributed by atoms with van der Waals surface area (Å²) in [7, 11) is 0. The molecule has 1 aromatic rings. The van der Waals surface area contributed by atoms with Gasteiger partial charge in [-0.1, -0.05) is 12.8 Å². The third-order valence-electron chi connectivity index (χ3n) is 5.34. The number of fused-ring (bicyclic) bond motifs is 2. The van der Waals surface area contributed by atoms with Gasteiger partial charge in [-0.05, 0) is 32.1 Å². The van der Waals surface area contributed by atoms with E-state index in [9.17, 15) is 14.4 Å². The van der Waals surface area contributed by atoms with Crippen molar-refractivity contribution in [1.29, 1.82) is 0 Å². The number of aromatic nitrogens is 1. The van der Waals surface area contributed by atoms with Crippen molar-refractivity contribution in [1.82, 2.24) is 9.88 Å². The van der Waals surface area contributed by atoms with Crippen LogP contribution in [-0.2, 0) is 27.2 Å². The van der Waals surface area contributed by atoms with Crippen LogP contribution < -0.4 is 5.32 Å². The number of nitrogens with one attached hydrogen (secondary N) is 1. The molecule has 2 atom stereocenters. The third kappa shape index (κ3) is 2.75. The molecule has 4 rings (SSSR count). The van der Waals surface area contributed by atoms with Crippen LogP contribution in [-0.4, -0.2) is 34.2 Å². The minimum absolute atomic E-state index is 0.0780. The minimum Gasteiger partial charge on any atom is -0.302 e. The average molecular weight is 347 g/mol. The maximum absolute atomic E-state index is 12.4. The Labute approximate surface area is 144 Å². The fraction of sp³-hybridized carbons (Fsp3) is 0.647. The van der Waals surface area contributed by atoms with Crippen molar-refractivity contribution < 1.29 is 14.4 Å². The largest absolute Gasteiger partial charge is 0.302 e. The van der Waals surface area contributed by atoms with Gasteiger partial charge in [0.15, 0.2) is 5.13 Å². The highest BCUT2D eigenvalue weighted by molar-refractivity contribution is 7.15. The summed E-state index contributed by atoms with van der Waals surface area (Å²) in [4.78, 5) is 43.9. The maximum Gasteiger partial charge on any atom is 0.233 e. The van der Waals surface area contributed by atoms with Crippen LogP contribution in [0.5, 0.6) is 0 Å². The Morgan fingerprint density at radius 3 is 2.50 bits per heavy atom. The molecule has 2 fully saturated rings. The number of thiazole rings is 1. The van der Waals surface area contributed by atoms with Crippen molar-refractivity contribution in [2.45, 2.75) is 51.4 Å². The molecule has 1 N–H and O–H groups in total. The predicted molar refractivity (Wildman–Crippen MR) is 89.6 cm³/mol. The van der Waals surface area contributed by atoms with E-state index in [0.29, 0.717) is 5.13 Å². The maximum atomic E-state index is 12.4. The summed E-state index contributed by atoms with van der Waals surface area (Å²) in [5.74, 6) is -0.623. The second kappa shape index (κ2) is 6.27. The topological polar surface area (TPSA) is 79.4 Å². The molecule has 1 aromatic heterocycles. The number of imide groups is 1. The molecule has 2 aliphatic carbocycles. The minimum atomic E-state index is -0.183. The van der Waals surface area contributed by atoms with Crippen molar-refractivity contribution in [3.63, 3.8) is 0 Å². The highest BCUT2D eigenvalue weighted by atomic mass is 32.1. The SMILES string of the molecule is O=C(CCN1C(=O)[C@H]2CCCC[C@@H]2C1=O)Nc1nc2c(s1)CCC2. The molecule has 2 heterocycles. The number of nitrogens with zero attached hydrogens (tertiary/aromatic N) is 2. The highest BCUT2D eigenvalue weighted by Crippen LogP contribution is 2.38. The van der Waals surface area contributed by atoms with Crippen molar-refractivity contribution in [2.24, 2.45) is 11.8 Å². The molecule has 0 bridgehead atoms. The van der Waals surface area contributed by atoms with E-state index in [1.54, 1.807) is 0 Å². The molecule has 1 saturated carbocycles. The van der Waals surface area contributed by atoms with Crippen molar-refractivity contribution in [2.75, 3.05) is 11.9 Å². The second-order valence-electron chi connectivity index (χ2n) is 6.87. The van der Waals surface area contributed by atoms with E-state index in [0.717, 1.165) is 50.6 Å². The first-order valence-electron chi connectivity index (χ1n) is 8.77. The monoisotopic (exact) mass is 347 g/mol. The summed E-state index contributed by atoms with van der Waals surface area (Å²) >= 11 is 1.54. The first-order chi connectivity index (χ1) is 11.6. The molecule has 3 aliphatic rings. The van der Waals surface area contributed by atoms with Gasteiger partial charge < -0.3 is 5.32 Å². The second-order valence-corrected chi connectivity index (χ2v) is 7.95. The average Bonchev–Trinajstić information content (AvgIpc) is 3.21. The van der Waals surface area contributed by atoms with E-state index in [-0.39, 0.29) is 42.5 Å². The van der Waals surface area contributed by atoms with Crippen molar-refractivity contribution >= 4 is 34.2 Å². The number of carbonyl (C=O) groups is 3. The fourth-order valence-electron chi connectivity index (χ4n) is 4.09. The number of anilines is 1. The molecule has 1 saturated heterocycles. The zero-order valence-electron chi connectivity index (χ0n) is 13.5. The van der Waals surface area contributed by atoms with Crippen molar-refractivity contribution in [3.8, 4) is 0 Å². The summed E-state index contributed by atoms with van der Waals surface area (Å²) in [5, 5.41) is 3.44.